The molecule has 102 valence electrons. The van der Waals surface area contributed by atoms with Crippen LogP contribution in [0, 0.1) is 17.6 Å². The first-order valence-corrected chi connectivity index (χ1v) is 6.03. The van der Waals surface area contributed by atoms with Crippen molar-refractivity contribution in [3.8, 4) is 0 Å². The molecule has 0 aliphatic rings. The second-order valence-corrected chi connectivity index (χ2v) is 4.24. The molecule has 6 heteroatoms. The highest BCUT2D eigenvalue weighted by molar-refractivity contribution is 5.47. The van der Waals surface area contributed by atoms with E-state index in [9.17, 15) is 8.78 Å². The highest BCUT2D eigenvalue weighted by Gasteiger charge is 2.12. The molecule has 0 bridgehead atoms. The molecule has 0 aliphatic heterocycles. The van der Waals surface area contributed by atoms with Gasteiger partial charge in [-0.15, -0.1) is 0 Å². The highest BCUT2D eigenvalue weighted by atomic mass is 19.1. The van der Waals surface area contributed by atoms with E-state index in [1.807, 2.05) is 13.8 Å². The number of hydrogen-bond donors (Lipinski definition) is 3. The predicted molar refractivity (Wildman–Crippen MR) is 67.7 cm³/mol. The lowest BCUT2D eigenvalue weighted by atomic mass is 10.2. The van der Waals surface area contributed by atoms with Crippen LogP contribution in [-0.2, 0) is 0 Å². The van der Waals surface area contributed by atoms with Gasteiger partial charge in [0, 0.05) is 25.8 Å². The van der Waals surface area contributed by atoms with Gasteiger partial charge in [0.2, 0.25) is 0 Å². The molecule has 1 rings (SSSR count). The molecule has 3 N–H and O–H groups in total. The molecule has 0 saturated carbocycles. The van der Waals surface area contributed by atoms with Gasteiger partial charge in [-0.3, -0.25) is 0 Å². The Labute approximate surface area is 105 Å². The second kappa shape index (κ2) is 7.10. The maximum absolute atomic E-state index is 13.5. The molecule has 1 aromatic heterocycles. The van der Waals surface area contributed by atoms with E-state index in [2.05, 4.69) is 15.6 Å². The average Bonchev–Trinajstić information content (AvgIpc) is 2.36. The first-order valence-electron chi connectivity index (χ1n) is 6.03. The van der Waals surface area contributed by atoms with Gasteiger partial charge in [0.05, 0.1) is 0 Å². The fourth-order valence-corrected chi connectivity index (χ4v) is 1.29. The summed E-state index contributed by atoms with van der Waals surface area (Å²) in [5.74, 6) is -1.43. The molecule has 0 aromatic carbocycles. The third kappa shape index (κ3) is 4.10. The van der Waals surface area contributed by atoms with Crippen molar-refractivity contribution in [1.29, 1.82) is 0 Å². The molecule has 18 heavy (non-hydrogen) atoms. The molecular weight excluding hydrogens is 240 g/mol. The van der Waals surface area contributed by atoms with Gasteiger partial charge < -0.3 is 15.7 Å². The Kier molecular flexibility index (Phi) is 5.77. The van der Waals surface area contributed by atoms with Gasteiger partial charge in [-0.1, -0.05) is 13.8 Å². The smallest absolute Gasteiger partial charge is 0.168 e. The summed E-state index contributed by atoms with van der Waals surface area (Å²) < 4.78 is 26.8. The number of nitrogens with one attached hydrogen (secondary N) is 2. The first-order chi connectivity index (χ1) is 8.58. The second-order valence-electron chi connectivity index (χ2n) is 4.24. The molecular formula is C12H19F2N3O. The number of aliphatic hydroxyl groups is 1. The Balaban J connectivity index is 2.77. The lowest BCUT2D eigenvalue weighted by Gasteiger charge is -2.13. The number of pyridine rings is 1. The third-order valence-electron chi connectivity index (χ3n) is 2.40. The minimum Gasteiger partial charge on any atom is -0.396 e. The summed E-state index contributed by atoms with van der Waals surface area (Å²) in [5, 5.41) is 14.4. The van der Waals surface area contributed by atoms with Crippen LogP contribution in [0.25, 0.3) is 0 Å². The summed E-state index contributed by atoms with van der Waals surface area (Å²) in [7, 11) is 0. The van der Waals surface area contributed by atoms with E-state index < -0.39 is 11.6 Å². The van der Waals surface area contributed by atoms with Crippen LogP contribution in [0.3, 0.4) is 0 Å². The summed E-state index contributed by atoms with van der Waals surface area (Å²) in [6, 6.07) is 0.803. The van der Waals surface area contributed by atoms with Gasteiger partial charge in [-0.25, -0.2) is 13.8 Å². The van der Waals surface area contributed by atoms with Gasteiger partial charge in [-0.05, 0) is 12.3 Å². The van der Waals surface area contributed by atoms with Gasteiger partial charge in [0.1, 0.15) is 0 Å². The SMILES string of the molecule is CCCNc1nc(NCC(C)CO)c(F)cc1F. The summed E-state index contributed by atoms with van der Waals surface area (Å²) in [4.78, 5) is 3.86. The third-order valence-corrected chi connectivity index (χ3v) is 2.40. The van der Waals surface area contributed by atoms with Crippen LogP contribution in [-0.4, -0.2) is 29.8 Å². The van der Waals surface area contributed by atoms with E-state index in [0.717, 1.165) is 12.5 Å². The van der Waals surface area contributed by atoms with Gasteiger partial charge in [-0.2, -0.15) is 0 Å². The molecule has 0 saturated heterocycles. The molecule has 0 aliphatic carbocycles. The largest absolute Gasteiger partial charge is 0.396 e. The monoisotopic (exact) mass is 259 g/mol. The number of halogens is 2. The van der Waals surface area contributed by atoms with Crippen molar-refractivity contribution < 1.29 is 13.9 Å². The molecule has 4 nitrogen and oxygen atoms in total. The molecule has 1 aromatic rings. The summed E-state index contributed by atoms with van der Waals surface area (Å²) >= 11 is 0. The van der Waals surface area contributed by atoms with Gasteiger partial charge >= 0.3 is 0 Å². The molecule has 0 spiro atoms. The van der Waals surface area contributed by atoms with Crippen LogP contribution in [0.5, 0.6) is 0 Å². The van der Waals surface area contributed by atoms with Crippen molar-refractivity contribution in [2.75, 3.05) is 30.3 Å². The topological polar surface area (TPSA) is 57.2 Å². The average molecular weight is 259 g/mol. The van der Waals surface area contributed by atoms with Crippen molar-refractivity contribution in [2.24, 2.45) is 5.92 Å². The fraction of sp³-hybridized carbons (Fsp3) is 0.583. The highest BCUT2D eigenvalue weighted by Crippen LogP contribution is 2.19. The maximum Gasteiger partial charge on any atom is 0.168 e. The van der Waals surface area contributed by atoms with E-state index in [4.69, 9.17) is 5.11 Å². The molecule has 0 radical (unpaired) electrons. The molecule has 0 fully saturated rings. The number of nitrogens with zero attached hydrogens (tertiary/aromatic N) is 1. The number of anilines is 2. The molecule has 0 amide bonds. The number of aromatic nitrogens is 1. The van der Waals surface area contributed by atoms with E-state index in [0.29, 0.717) is 13.1 Å². The fourth-order valence-electron chi connectivity index (χ4n) is 1.29. The Morgan fingerprint density at radius 2 is 1.89 bits per heavy atom. The minimum atomic E-state index is -0.736. The number of rotatable bonds is 7. The van der Waals surface area contributed by atoms with Crippen LogP contribution in [0.4, 0.5) is 20.4 Å². The Morgan fingerprint density at radius 1 is 1.28 bits per heavy atom. The van der Waals surface area contributed by atoms with Crippen LogP contribution >= 0.6 is 0 Å². The van der Waals surface area contributed by atoms with Crippen molar-refractivity contribution >= 4 is 11.6 Å². The van der Waals surface area contributed by atoms with Crippen LogP contribution in [0.15, 0.2) is 6.07 Å². The van der Waals surface area contributed by atoms with Crippen molar-refractivity contribution in [3.05, 3.63) is 17.7 Å². The van der Waals surface area contributed by atoms with Crippen molar-refractivity contribution in [1.82, 2.24) is 4.98 Å². The van der Waals surface area contributed by atoms with Crippen molar-refractivity contribution in [2.45, 2.75) is 20.3 Å². The van der Waals surface area contributed by atoms with Crippen LogP contribution in [0.2, 0.25) is 0 Å². The van der Waals surface area contributed by atoms with Crippen LogP contribution < -0.4 is 10.6 Å². The lowest BCUT2D eigenvalue weighted by Crippen LogP contribution is -2.17. The Hall–Kier alpha value is -1.43. The van der Waals surface area contributed by atoms with Crippen molar-refractivity contribution in [3.63, 3.8) is 0 Å². The summed E-state index contributed by atoms with van der Waals surface area (Å²) in [6.07, 6.45) is 0.822. The molecule has 1 heterocycles. The minimum absolute atomic E-state index is 0.00322. The standard InChI is InChI=1S/C12H19F2N3O/c1-3-4-15-11-9(13)5-10(14)12(17-11)16-6-8(2)7-18/h5,8,18H,3-4,6-7H2,1-2H3,(H2,15,16,17). The van der Waals surface area contributed by atoms with Gasteiger partial charge in [0.25, 0.3) is 0 Å². The first kappa shape index (κ1) is 14.6. The number of aliphatic hydroxyl groups excluding tert-OH is 1. The zero-order valence-corrected chi connectivity index (χ0v) is 10.6. The number of hydrogen-bond acceptors (Lipinski definition) is 4. The zero-order chi connectivity index (χ0) is 13.5. The van der Waals surface area contributed by atoms with Crippen LogP contribution in [0.1, 0.15) is 20.3 Å². The van der Waals surface area contributed by atoms with E-state index in [-0.39, 0.29) is 24.2 Å². The van der Waals surface area contributed by atoms with E-state index in [1.54, 1.807) is 0 Å². The summed E-state index contributed by atoms with van der Waals surface area (Å²) in [6.45, 7) is 4.69. The quantitative estimate of drug-likeness (QED) is 0.703. The van der Waals surface area contributed by atoms with E-state index in [1.165, 1.54) is 0 Å². The maximum atomic E-state index is 13.5. The van der Waals surface area contributed by atoms with E-state index >= 15 is 0 Å². The zero-order valence-electron chi connectivity index (χ0n) is 10.6. The van der Waals surface area contributed by atoms with Gasteiger partial charge in [0.15, 0.2) is 23.3 Å². The lowest BCUT2D eigenvalue weighted by molar-refractivity contribution is 0.244. The predicted octanol–water partition coefficient (Wildman–Crippen LogP) is 2.22. The molecule has 1 atom stereocenters. The molecule has 1 unspecified atom stereocenters. The summed E-state index contributed by atoms with van der Waals surface area (Å²) in [5.41, 5.74) is 0. The Bertz CT molecular complexity index is 388. The Morgan fingerprint density at radius 3 is 2.44 bits per heavy atom. The normalized spacial score (nSPS) is 12.3.